The van der Waals surface area contributed by atoms with Crippen LogP contribution in [-0.2, 0) is 0 Å². The van der Waals surface area contributed by atoms with Gasteiger partial charge in [-0.15, -0.1) is 0 Å². The van der Waals surface area contributed by atoms with Crippen molar-refractivity contribution in [3.63, 3.8) is 0 Å². The second-order valence-corrected chi connectivity index (χ2v) is 4.90. The fourth-order valence-electron chi connectivity index (χ4n) is 1.88. The number of anilines is 1. The van der Waals surface area contributed by atoms with Gasteiger partial charge in [0.25, 0.3) is 5.91 Å². The fraction of sp³-hybridized carbons (Fsp3) is 0.118. The molecule has 0 fully saturated rings. The molecule has 0 aliphatic heterocycles. The Hall–Kier alpha value is -2.28. The van der Waals surface area contributed by atoms with Crippen molar-refractivity contribution in [3.05, 3.63) is 64.2 Å². The number of benzene rings is 2. The standard InChI is InChI=1S/C17H15ClN2O/c1-12-8-9-14(18)11-15(12)17(21)20-16-7-3-2-5-13(16)6-4-10-19/h2-3,5,7-9,11H,10,19H2,1H3,(H,20,21). The normalized spacial score (nSPS) is 9.67. The summed E-state index contributed by atoms with van der Waals surface area (Å²) in [7, 11) is 0. The van der Waals surface area contributed by atoms with Crippen LogP contribution >= 0.6 is 11.6 Å². The highest BCUT2D eigenvalue weighted by atomic mass is 35.5. The molecule has 3 nitrogen and oxygen atoms in total. The monoisotopic (exact) mass is 298 g/mol. The zero-order valence-electron chi connectivity index (χ0n) is 11.6. The van der Waals surface area contributed by atoms with Crippen molar-refractivity contribution < 1.29 is 4.79 Å². The van der Waals surface area contributed by atoms with E-state index in [9.17, 15) is 4.79 Å². The molecule has 21 heavy (non-hydrogen) atoms. The molecule has 4 heteroatoms. The maximum Gasteiger partial charge on any atom is 0.256 e. The molecule has 0 aromatic heterocycles. The molecule has 0 atom stereocenters. The highest BCUT2D eigenvalue weighted by Gasteiger charge is 2.11. The molecule has 3 N–H and O–H groups in total. The van der Waals surface area contributed by atoms with Crippen LogP contribution in [-0.4, -0.2) is 12.5 Å². The van der Waals surface area contributed by atoms with Crippen molar-refractivity contribution in [2.75, 3.05) is 11.9 Å². The smallest absolute Gasteiger partial charge is 0.256 e. The average Bonchev–Trinajstić information content (AvgIpc) is 2.48. The Bertz CT molecular complexity index is 729. The number of nitrogens with two attached hydrogens (primary N) is 1. The summed E-state index contributed by atoms with van der Waals surface area (Å²) in [6, 6.07) is 12.6. The Morgan fingerprint density at radius 3 is 2.81 bits per heavy atom. The lowest BCUT2D eigenvalue weighted by atomic mass is 10.1. The topological polar surface area (TPSA) is 55.1 Å². The summed E-state index contributed by atoms with van der Waals surface area (Å²) in [6.45, 7) is 2.14. The van der Waals surface area contributed by atoms with Gasteiger partial charge in [0.05, 0.1) is 12.2 Å². The predicted molar refractivity (Wildman–Crippen MR) is 86.5 cm³/mol. The quantitative estimate of drug-likeness (QED) is 0.837. The number of halogens is 1. The maximum atomic E-state index is 12.4. The van der Waals surface area contributed by atoms with Crippen LogP contribution in [0.2, 0.25) is 5.02 Å². The van der Waals surface area contributed by atoms with Gasteiger partial charge in [0.1, 0.15) is 0 Å². The third kappa shape index (κ3) is 3.85. The average molecular weight is 299 g/mol. The number of carbonyl (C=O) groups is 1. The SMILES string of the molecule is Cc1ccc(Cl)cc1C(=O)Nc1ccccc1C#CCN. The molecule has 0 radical (unpaired) electrons. The largest absolute Gasteiger partial charge is 0.321 e. The molecular formula is C17H15ClN2O. The number of rotatable bonds is 2. The number of para-hydroxylation sites is 1. The maximum absolute atomic E-state index is 12.4. The minimum Gasteiger partial charge on any atom is -0.321 e. The molecule has 0 bridgehead atoms. The molecule has 0 heterocycles. The van der Waals surface area contributed by atoms with Crippen molar-refractivity contribution in [1.29, 1.82) is 0 Å². The van der Waals surface area contributed by atoms with Crippen LogP contribution < -0.4 is 11.1 Å². The summed E-state index contributed by atoms with van der Waals surface area (Å²) in [5.41, 5.74) is 8.18. The Labute approximate surface area is 129 Å². The lowest BCUT2D eigenvalue weighted by molar-refractivity contribution is 0.102. The first-order valence-electron chi connectivity index (χ1n) is 6.47. The number of hydrogen-bond acceptors (Lipinski definition) is 2. The third-order valence-corrected chi connectivity index (χ3v) is 3.18. The van der Waals surface area contributed by atoms with Gasteiger partial charge >= 0.3 is 0 Å². The summed E-state index contributed by atoms with van der Waals surface area (Å²) in [4.78, 5) is 12.4. The van der Waals surface area contributed by atoms with Gasteiger partial charge in [0, 0.05) is 16.1 Å². The highest BCUT2D eigenvalue weighted by molar-refractivity contribution is 6.31. The summed E-state index contributed by atoms with van der Waals surface area (Å²) in [5, 5.41) is 3.39. The number of carbonyl (C=O) groups excluding carboxylic acids is 1. The lowest BCUT2D eigenvalue weighted by Crippen LogP contribution is -2.14. The molecule has 0 saturated heterocycles. The van der Waals surface area contributed by atoms with E-state index in [4.69, 9.17) is 17.3 Å². The van der Waals surface area contributed by atoms with Crippen molar-refractivity contribution in [1.82, 2.24) is 0 Å². The van der Waals surface area contributed by atoms with E-state index >= 15 is 0 Å². The van der Waals surface area contributed by atoms with Crippen molar-refractivity contribution in [2.24, 2.45) is 5.73 Å². The molecule has 106 valence electrons. The second-order valence-electron chi connectivity index (χ2n) is 4.46. The number of amides is 1. The zero-order valence-corrected chi connectivity index (χ0v) is 12.4. The van der Waals surface area contributed by atoms with E-state index in [0.717, 1.165) is 11.1 Å². The van der Waals surface area contributed by atoms with E-state index in [1.807, 2.05) is 31.2 Å². The van der Waals surface area contributed by atoms with Crippen molar-refractivity contribution in [2.45, 2.75) is 6.92 Å². The Morgan fingerprint density at radius 1 is 1.29 bits per heavy atom. The molecule has 2 aromatic carbocycles. The second kappa shape index (κ2) is 6.94. The minimum atomic E-state index is -0.211. The molecule has 0 spiro atoms. The van der Waals surface area contributed by atoms with Crippen LogP contribution in [0.15, 0.2) is 42.5 Å². The minimum absolute atomic E-state index is 0.211. The van der Waals surface area contributed by atoms with E-state index in [0.29, 0.717) is 16.3 Å². The van der Waals surface area contributed by atoms with E-state index < -0.39 is 0 Å². The third-order valence-electron chi connectivity index (χ3n) is 2.94. The van der Waals surface area contributed by atoms with Gasteiger partial charge in [0.15, 0.2) is 0 Å². The van der Waals surface area contributed by atoms with Gasteiger partial charge in [-0.25, -0.2) is 0 Å². The van der Waals surface area contributed by atoms with Gasteiger partial charge in [0.2, 0.25) is 0 Å². The molecule has 1 amide bonds. The molecular weight excluding hydrogens is 284 g/mol. The van der Waals surface area contributed by atoms with Gasteiger partial charge in [-0.3, -0.25) is 4.79 Å². The summed E-state index contributed by atoms with van der Waals surface area (Å²) in [5.74, 6) is 5.51. The molecule has 0 aliphatic carbocycles. The van der Waals surface area contributed by atoms with E-state index in [2.05, 4.69) is 17.2 Å². The predicted octanol–water partition coefficient (Wildman–Crippen LogP) is 3.21. The van der Waals surface area contributed by atoms with Crippen LogP contribution in [0.4, 0.5) is 5.69 Å². The molecule has 2 aromatic rings. The lowest BCUT2D eigenvalue weighted by Gasteiger charge is -2.09. The first kappa shape index (κ1) is 15.1. The van der Waals surface area contributed by atoms with E-state index in [1.54, 1.807) is 18.2 Å². The fourth-order valence-corrected chi connectivity index (χ4v) is 2.05. The molecule has 2 rings (SSSR count). The molecule has 0 unspecified atom stereocenters. The van der Waals surface area contributed by atoms with Gasteiger partial charge in [-0.05, 0) is 36.8 Å². The van der Waals surface area contributed by atoms with Crippen LogP contribution in [0.25, 0.3) is 0 Å². The van der Waals surface area contributed by atoms with Crippen LogP contribution in [0, 0.1) is 18.8 Å². The number of hydrogen-bond donors (Lipinski definition) is 2. The summed E-state index contributed by atoms with van der Waals surface area (Å²) in [6.07, 6.45) is 0. The summed E-state index contributed by atoms with van der Waals surface area (Å²) >= 11 is 5.95. The van der Waals surface area contributed by atoms with Crippen LogP contribution in [0.3, 0.4) is 0 Å². The first-order valence-corrected chi connectivity index (χ1v) is 6.85. The van der Waals surface area contributed by atoms with Gasteiger partial charge in [-0.1, -0.05) is 41.6 Å². The molecule has 0 saturated carbocycles. The Balaban J connectivity index is 2.30. The first-order chi connectivity index (χ1) is 10.1. The Morgan fingerprint density at radius 2 is 2.05 bits per heavy atom. The van der Waals surface area contributed by atoms with Gasteiger partial charge in [-0.2, -0.15) is 0 Å². The van der Waals surface area contributed by atoms with Crippen molar-refractivity contribution >= 4 is 23.2 Å². The van der Waals surface area contributed by atoms with Gasteiger partial charge < -0.3 is 11.1 Å². The van der Waals surface area contributed by atoms with Crippen molar-refractivity contribution in [3.8, 4) is 11.8 Å². The Kier molecular flexibility index (Phi) is 4.99. The van der Waals surface area contributed by atoms with E-state index in [1.165, 1.54) is 0 Å². The van der Waals surface area contributed by atoms with Crippen LogP contribution in [0.1, 0.15) is 21.5 Å². The number of nitrogens with one attached hydrogen (secondary N) is 1. The zero-order chi connectivity index (χ0) is 15.2. The van der Waals surface area contributed by atoms with E-state index in [-0.39, 0.29) is 12.5 Å². The number of aryl methyl sites for hydroxylation is 1. The van der Waals surface area contributed by atoms with Crippen LogP contribution in [0.5, 0.6) is 0 Å². The highest BCUT2D eigenvalue weighted by Crippen LogP contribution is 2.19. The molecule has 0 aliphatic rings. The summed E-state index contributed by atoms with van der Waals surface area (Å²) < 4.78 is 0.